The first-order chi connectivity index (χ1) is 23.8. The number of benzene rings is 2. The highest BCUT2D eigenvalue weighted by molar-refractivity contribution is 5.64. The molecule has 0 spiro atoms. The minimum atomic E-state index is -0.651. The van der Waals surface area contributed by atoms with E-state index in [9.17, 15) is 30.6 Å². The number of phenols is 3. The third-order valence-electron chi connectivity index (χ3n) is 12.7. The summed E-state index contributed by atoms with van der Waals surface area (Å²) in [4.78, 5) is 4.17. The minimum Gasteiger partial charge on any atom is -0.670 e. The van der Waals surface area contributed by atoms with E-state index >= 15 is 0 Å². The van der Waals surface area contributed by atoms with E-state index in [1.54, 1.807) is 12.4 Å². The van der Waals surface area contributed by atoms with Crippen LogP contribution in [0.25, 0.3) is 0 Å². The summed E-state index contributed by atoms with van der Waals surface area (Å²) in [5, 5.41) is 65.3. The first-order valence-electron chi connectivity index (χ1n) is 18.4. The number of aromatic nitrogens is 1. The van der Waals surface area contributed by atoms with Gasteiger partial charge in [0.15, 0.2) is 11.5 Å². The molecule has 0 radical (unpaired) electrons. The smallest absolute Gasteiger partial charge is 0.201 e. The molecular formula is C40H52NO8-. The van der Waals surface area contributed by atoms with E-state index in [2.05, 4.69) is 11.1 Å². The highest BCUT2D eigenvalue weighted by Gasteiger charge is 2.45. The van der Waals surface area contributed by atoms with Crippen molar-refractivity contribution < 1.29 is 40.1 Å². The third kappa shape index (κ3) is 6.55. The molecule has 9 nitrogen and oxygen atoms in total. The van der Waals surface area contributed by atoms with Gasteiger partial charge in [-0.05, 0) is 97.3 Å². The predicted molar refractivity (Wildman–Crippen MR) is 184 cm³/mol. The highest BCUT2D eigenvalue weighted by Crippen LogP contribution is 2.53. The van der Waals surface area contributed by atoms with Crippen molar-refractivity contribution in [3.8, 4) is 23.0 Å². The first-order valence-corrected chi connectivity index (χ1v) is 18.4. The lowest BCUT2D eigenvalue weighted by molar-refractivity contribution is -0.154. The maximum Gasteiger partial charge on any atom is 0.201 e. The molecule has 9 heteroatoms. The zero-order valence-corrected chi connectivity index (χ0v) is 28.5. The van der Waals surface area contributed by atoms with Crippen LogP contribution in [0, 0.1) is 23.7 Å². The normalized spacial score (nSPS) is 30.7. The standard InChI is InChI=1S/C40H52NO8/c1-48-40-31(14-22-12-13-41-19-22)37(32(21-43)38(46)39(40)47)36-18-34(45)28-10-8-26(17-35(28)49-36)25-9-11-33(44)30(16-25)29-15-24(6-7-27(29)20-42)23-4-2-3-5-23/h9,11-13,16,19,23-24,26-29,34-36,42-47H,2-8,10,14-15,17-18,20-21H2,1H3/q-1. The SMILES string of the molecule is COc1c(O)c(O)c(CO)c(C2CC(O)C3CCC(c4ccc(O)c(C5CC(C6CCCC6)CCC5CO)c4)CC3O2)c1Cc1cc[n-]c1. The number of hydrogen-bond donors (Lipinski definition) is 6. The van der Waals surface area contributed by atoms with E-state index in [1.165, 1.54) is 32.8 Å². The molecule has 3 aromatic rings. The van der Waals surface area contributed by atoms with Crippen LogP contribution < -0.4 is 9.72 Å². The summed E-state index contributed by atoms with van der Waals surface area (Å²) in [7, 11) is 1.43. The lowest BCUT2D eigenvalue weighted by Crippen LogP contribution is -2.44. The Hall–Kier alpha value is -3.24. The molecule has 1 aromatic heterocycles. The third-order valence-corrected chi connectivity index (χ3v) is 12.7. The largest absolute Gasteiger partial charge is 0.670 e. The molecule has 266 valence electrons. The van der Waals surface area contributed by atoms with E-state index in [-0.39, 0.29) is 54.1 Å². The fraction of sp³-hybridized carbons (Fsp3) is 0.600. The van der Waals surface area contributed by atoms with Gasteiger partial charge < -0.3 is 45.1 Å². The van der Waals surface area contributed by atoms with Crippen LogP contribution >= 0.6 is 0 Å². The minimum absolute atomic E-state index is 0.0544. The van der Waals surface area contributed by atoms with Crippen molar-refractivity contribution in [2.24, 2.45) is 23.7 Å². The van der Waals surface area contributed by atoms with Gasteiger partial charge in [-0.25, -0.2) is 0 Å². The number of fused-ring (bicyclic) bond motifs is 1. The second kappa shape index (κ2) is 14.5. The van der Waals surface area contributed by atoms with Crippen molar-refractivity contribution in [1.29, 1.82) is 0 Å². The van der Waals surface area contributed by atoms with E-state index in [4.69, 9.17) is 9.47 Å². The Morgan fingerprint density at radius 2 is 1.69 bits per heavy atom. The van der Waals surface area contributed by atoms with Crippen LogP contribution in [0.15, 0.2) is 36.7 Å². The second-order valence-electron chi connectivity index (χ2n) is 15.2. The van der Waals surface area contributed by atoms with Crippen LogP contribution in [-0.4, -0.2) is 56.6 Å². The summed E-state index contributed by atoms with van der Waals surface area (Å²) in [5.74, 6) is 1.31. The van der Waals surface area contributed by atoms with Gasteiger partial charge >= 0.3 is 0 Å². The fourth-order valence-corrected chi connectivity index (χ4v) is 10.1. The zero-order chi connectivity index (χ0) is 34.2. The van der Waals surface area contributed by atoms with Gasteiger partial charge in [-0.3, -0.25) is 0 Å². The monoisotopic (exact) mass is 674 g/mol. The quantitative estimate of drug-likeness (QED) is 0.143. The average Bonchev–Trinajstić information content (AvgIpc) is 3.85. The Labute approximate surface area is 288 Å². The van der Waals surface area contributed by atoms with Crippen LogP contribution in [0.1, 0.15) is 122 Å². The van der Waals surface area contributed by atoms with E-state index in [1.807, 2.05) is 18.2 Å². The number of hydrogen-bond acceptors (Lipinski definition) is 8. The first kappa shape index (κ1) is 34.2. The molecule has 1 saturated heterocycles. The molecular weight excluding hydrogens is 622 g/mol. The number of phenolic OH excluding ortho intramolecular Hbond substituents is 2. The molecule has 3 aliphatic carbocycles. The molecule has 3 saturated carbocycles. The molecule has 8 unspecified atom stereocenters. The van der Waals surface area contributed by atoms with Gasteiger partial charge in [-0.2, -0.15) is 12.4 Å². The molecule has 1 aliphatic heterocycles. The summed E-state index contributed by atoms with van der Waals surface area (Å²) in [6.07, 6.45) is 13.2. The molecule has 0 amide bonds. The average molecular weight is 675 g/mol. The lowest BCUT2D eigenvalue weighted by Gasteiger charge is -2.46. The highest BCUT2D eigenvalue weighted by atomic mass is 16.5. The maximum absolute atomic E-state index is 11.5. The molecule has 7 rings (SSSR count). The number of aromatic hydroxyl groups is 3. The number of aliphatic hydroxyl groups is 3. The Bertz CT molecular complexity index is 1580. The van der Waals surface area contributed by atoms with E-state index in [0.717, 1.165) is 54.7 Å². The van der Waals surface area contributed by atoms with Crippen molar-refractivity contribution in [1.82, 2.24) is 4.98 Å². The zero-order valence-electron chi connectivity index (χ0n) is 28.5. The van der Waals surface area contributed by atoms with E-state index < -0.39 is 30.3 Å². The van der Waals surface area contributed by atoms with Gasteiger partial charge in [0.2, 0.25) is 5.75 Å². The molecule has 0 bridgehead atoms. The van der Waals surface area contributed by atoms with Crippen molar-refractivity contribution in [3.05, 3.63) is 70.0 Å². The van der Waals surface area contributed by atoms with Crippen LogP contribution in [0.3, 0.4) is 0 Å². The summed E-state index contributed by atoms with van der Waals surface area (Å²) in [6.45, 7) is -0.394. The van der Waals surface area contributed by atoms with Gasteiger partial charge in [0.25, 0.3) is 0 Å². The Balaban J connectivity index is 1.17. The van der Waals surface area contributed by atoms with Crippen LogP contribution in [0.5, 0.6) is 23.0 Å². The van der Waals surface area contributed by atoms with Crippen molar-refractivity contribution in [2.45, 2.75) is 114 Å². The van der Waals surface area contributed by atoms with Crippen LogP contribution in [0.4, 0.5) is 0 Å². The lowest BCUT2D eigenvalue weighted by atomic mass is 9.66. The Morgan fingerprint density at radius 3 is 2.41 bits per heavy atom. The Kier molecular flexibility index (Phi) is 10.2. The number of aliphatic hydroxyl groups excluding tert-OH is 3. The summed E-state index contributed by atoms with van der Waals surface area (Å²) >= 11 is 0. The van der Waals surface area contributed by atoms with Crippen molar-refractivity contribution >= 4 is 0 Å². The molecule has 6 N–H and O–H groups in total. The van der Waals surface area contributed by atoms with Gasteiger partial charge in [-0.1, -0.05) is 49.4 Å². The number of ether oxygens (including phenoxy) is 2. The second-order valence-corrected chi connectivity index (χ2v) is 15.2. The van der Waals surface area contributed by atoms with Crippen molar-refractivity contribution in [2.75, 3.05) is 13.7 Å². The number of nitrogens with zero attached hydrogens (tertiary/aromatic N) is 1. The van der Waals surface area contributed by atoms with Gasteiger partial charge in [0, 0.05) is 30.1 Å². The molecule has 8 atom stereocenters. The van der Waals surface area contributed by atoms with Crippen LogP contribution in [0.2, 0.25) is 0 Å². The van der Waals surface area contributed by atoms with Crippen molar-refractivity contribution in [3.63, 3.8) is 0 Å². The molecule has 49 heavy (non-hydrogen) atoms. The van der Waals surface area contributed by atoms with Gasteiger partial charge in [0.05, 0.1) is 32.0 Å². The number of rotatable bonds is 9. The summed E-state index contributed by atoms with van der Waals surface area (Å²) < 4.78 is 12.5. The van der Waals surface area contributed by atoms with Gasteiger partial charge in [-0.15, -0.1) is 0 Å². The molecule has 2 heterocycles. The fourth-order valence-electron chi connectivity index (χ4n) is 10.1. The molecule has 2 aromatic carbocycles. The topological polar surface area (TPSA) is 154 Å². The molecule has 4 aliphatic rings. The van der Waals surface area contributed by atoms with Crippen LogP contribution in [-0.2, 0) is 17.8 Å². The number of methoxy groups -OCH3 is 1. The van der Waals surface area contributed by atoms with E-state index in [0.29, 0.717) is 35.6 Å². The summed E-state index contributed by atoms with van der Waals surface area (Å²) in [6, 6.07) is 7.89. The summed E-state index contributed by atoms with van der Waals surface area (Å²) in [5.41, 5.74) is 4.26. The van der Waals surface area contributed by atoms with Gasteiger partial charge in [0.1, 0.15) is 5.75 Å². The molecule has 4 fully saturated rings. The Morgan fingerprint density at radius 1 is 0.878 bits per heavy atom. The predicted octanol–water partition coefficient (Wildman–Crippen LogP) is 6.31. The maximum atomic E-state index is 11.5.